The number of aromatic nitrogens is 4. The van der Waals surface area contributed by atoms with Crippen molar-refractivity contribution in [1.82, 2.24) is 19.9 Å². The van der Waals surface area contributed by atoms with Crippen LogP contribution in [-0.4, -0.2) is 25.8 Å². The Morgan fingerprint density at radius 2 is 2.07 bits per heavy atom. The van der Waals surface area contributed by atoms with Crippen LogP contribution in [0.3, 0.4) is 0 Å². The molecule has 4 aromatic rings. The molecule has 0 aromatic carbocycles. The molecule has 0 saturated heterocycles. The van der Waals surface area contributed by atoms with Gasteiger partial charge in [0.2, 0.25) is 5.91 Å². The molecule has 0 aliphatic carbocycles. The fraction of sp³-hybridized carbons (Fsp3) is 0.0526. The van der Waals surface area contributed by atoms with Crippen molar-refractivity contribution in [2.24, 2.45) is 0 Å². The summed E-state index contributed by atoms with van der Waals surface area (Å²) in [6.45, 7) is 1.41. The van der Waals surface area contributed by atoms with E-state index in [4.69, 9.17) is 11.6 Å². The number of pyridine rings is 3. The van der Waals surface area contributed by atoms with E-state index in [9.17, 15) is 9.18 Å². The Morgan fingerprint density at radius 1 is 1.22 bits per heavy atom. The minimum absolute atomic E-state index is 0.225. The van der Waals surface area contributed by atoms with Crippen LogP contribution in [0.2, 0.25) is 5.15 Å². The summed E-state index contributed by atoms with van der Waals surface area (Å²) in [6.07, 6.45) is 2.73. The van der Waals surface area contributed by atoms with Crippen molar-refractivity contribution in [3.63, 3.8) is 0 Å². The molecule has 27 heavy (non-hydrogen) atoms. The second-order valence-corrected chi connectivity index (χ2v) is 6.27. The van der Waals surface area contributed by atoms with E-state index < -0.39 is 5.82 Å². The highest BCUT2D eigenvalue weighted by atomic mass is 35.5. The number of carbonyl (C=O) groups is 1. The van der Waals surface area contributed by atoms with E-state index in [1.54, 1.807) is 36.5 Å². The molecule has 0 bridgehead atoms. The number of H-pyrrole nitrogens is 1. The van der Waals surface area contributed by atoms with Crippen LogP contribution in [0.1, 0.15) is 6.92 Å². The van der Waals surface area contributed by atoms with Crippen LogP contribution < -0.4 is 5.32 Å². The van der Waals surface area contributed by atoms with Crippen molar-refractivity contribution in [1.29, 1.82) is 0 Å². The molecule has 0 aliphatic heterocycles. The summed E-state index contributed by atoms with van der Waals surface area (Å²) in [4.78, 5) is 27.3. The fourth-order valence-corrected chi connectivity index (χ4v) is 3.06. The summed E-state index contributed by atoms with van der Waals surface area (Å²) < 4.78 is 13.7. The molecule has 0 unspecified atom stereocenters. The summed E-state index contributed by atoms with van der Waals surface area (Å²) in [7, 11) is 0. The molecule has 6 nitrogen and oxygen atoms in total. The van der Waals surface area contributed by atoms with Crippen molar-refractivity contribution in [3.05, 3.63) is 59.8 Å². The van der Waals surface area contributed by atoms with Gasteiger partial charge in [0, 0.05) is 24.8 Å². The third-order valence-corrected chi connectivity index (χ3v) is 4.14. The van der Waals surface area contributed by atoms with Crippen LogP contribution in [0.5, 0.6) is 0 Å². The fourth-order valence-electron chi connectivity index (χ4n) is 2.90. The Labute approximate surface area is 158 Å². The van der Waals surface area contributed by atoms with Crippen LogP contribution in [0, 0.1) is 5.82 Å². The highest BCUT2D eigenvalue weighted by Gasteiger charge is 2.18. The Kier molecular flexibility index (Phi) is 4.29. The van der Waals surface area contributed by atoms with Gasteiger partial charge in [-0.2, -0.15) is 0 Å². The molecule has 8 heteroatoms. The second-order valence-electron chi connectivity index (χ2n) is 5.88. The number of nitrogens with zero attached hydrogens (tertiary/aromatic N) is 3. The van der Waals surface area contributed by atoms with E-state index in [1.165, 1.54) is 13.0 Å². The van der Waals surface area contributed by atoms with E-state index in [1.807, 2.05) is 0 Å². The predicted molar refractivity (Wildman–Crippen MR) is 102 cm³/mol. The van der Waals surface area contributed by atoms with Gasteiger partial charge in [0.1, 0.15) is 16.8 Å². The van der Waals surface area contributed by atoms with Gasteiger partial charge in [-0.25, -0.2) is 14.4 Å². The molecule has 0 spiro atoms. The standard InChI is InChI=1S/C19H13ClFN5O/c1-10(27)24-16-7-11(5-6-22-16)18-17(13-3-2-4-15(20)25-13)19-14(26-18)8-12(21)9-23-19/h2-9,26H,1H3,(H,22,24,27). The number of carbonyl (C=O) groups excluding carboxylic acids is 1. The second kappa shape index (κ2) is 6.77. The van der Waals surface area contributed by atoms with Gasteiger partial charge in [0.15, 0.2) is 0 Å². The van der Waals surface area contributed by atoms with Crippen LogP contribution in [0.4, 0.5) is 10.2 Å². The van der Waals surface area contributed by atoms with Crippen LogP contribution in [0.15, 0.2) is 48.8 Å². The first-order chi connectivity index (χ1) is 13.0. The lowest BCUT2D eigenvalue weighted by Gasteiger charge is -2.07. The molecule has 0 fully saturated rings. The minimum atomic E-state index is -0.449. The summed E-state index contributed by atoms with van der Waals surface area (Å²) in [5, 5.41) is 2.99. The Hall–Kier alpha value is -3.32. The highest BCUT2D eigenvalue weighted by Crippen LogP contribution is 2.37. The number of rotatable bonds is 3. The molecule has 0 radical (unpaired) electrons. The number of amides is 1. The van der Waals surface area contributed by atoms with Crippen molar-refractivity contribution >= 4 is 34.4 Å². The lowest BCUT2D eigenvalue weighted by Crippen LogP contribution is -2.07. The van der Waals surface area contributed by atoms with Gasteiger partial charge in [0.25, 0.3) is 0 Å². The maximum absolute atomic E-state index is 13.7. The van der Waals surface area contributed by atoms with E-state index in [2.05, 4.69) is 25.3 Å². The largest absolute Gasteiger partial charge is 0.353 e. The molecular formula is C19H13ClFN5O. The van der Waals surface area contributed by atoms with Gasteiger partial charge in [-0.15, -0.1) is 0 Å². The maximum atomic E-state index is 13.7. The number of nitrogens with one attached hydrogen (secondary N) is 2. The van der Waals surface area contributed by atoms with Crippen LogP contribution in [0.25, 0.3) is 33.5 Å². The number of anilines is 1. The smallest absolute Gasteiger partial charge is 0.222 e. The third kappa shape index (κ3) is 3.37. The molecule has 4 aromatic heterocycles. The first-order valence-electron chi connectivity index (χ1n) is 8.05. The van der Waals surface area contributed by atoms with E-state index in [0.29, 0.717) is 39.0 Å². The Bertz CT molecular complexity index is 1170. The first kappa shape index (κ1) is 17.1. The van der Waals surface area contributed by atoms with Crippen molar-refractivity contribution in [3.8, 4) is 22.5 Å². The Balaban J connectivity index is 1.97. The topological polar surface area (TPSA) is 83.6 Å². The zero-order valence-corrected chi connectivity index (χ0v) is 14.9. The highest BCUT2D eigenvalue weighted by molar-refractivity contribution is 6.29. The molecule has 134 valence electrons. The summed E-state index contributed by atoms with van der Waals surface area (Å²) >= 11 is 6.06. The van der Waals surface area contributed by atoms with Gasteiger partial charge in [-0.1, -0.05) is 17.7 Å². The quantitative estimate of drug-likeness (QED) is 0.514. The maximum Gasteiger partial charge on any atom is 0.222 e. The lowest BCUT2D eigenvalue weighted by molar-refractivity contribution is -0.114. The predicted octanol–water partition coefficient (Wildman–Crippen LogP) is 4.44. The molecule has 4 heterocycles. The molecule has 1 amide bonds. The van der Waals surface area contributed by atoms with Gasteiger partial charge in [0.05, 0.1) is 34.2 Å². The van der Waals surface area contributed by atoms with Gasteiger partial charge < -0.3 is 10.3 Å². The summed E-state index contributed by atoms with van der Waals surface area (Å²) in [6, 6.07) is 10.1. The third-order valence-electron chi connectivity index (χ3n) is 3.92. The Morgan fingerprint density at radius 3 is 2.85 bits per heavy atom. The zero-order valence-electron chi connectivity index (χ0n) is 14.1. The van der Waals surface area contributed by atoms with Gasteiger partial charge in [-0.05, 0) is 24.3 Å². The van der Waals surface area contributed by atoms with E-state index >= 15 is 0 Å². The monoisotopic (exact) mass is 381 g/mol. The van der Waals surface area contributed by atoms with Crippen LogP contribution >= 0.6 is 11.6 Å². The average Bonchev–Trinajstić information content (AvgIpc) is 3.00. The molecule has 4 rings (SSSR count). The number of fused-ring (bicyclic) bond motifs is 1. The van der Waals surface area contributed by atoms with Crippen LogP contribution in [-0.2, 0) is 4.79 Å². The van der Waals surface area contributed by atoms with E-state index in [0.717, 1.165) is 11.8 Å². The minimum Gasteiger partial charge on any atom is -0.353 e. The van der Waals surface area contributed by atoms with Crippen molar-refractivity contribution in [2.75, 3.05) is 5.32 Å². The number of halogens is 2. The normalized spacial score (nSPS) is 10.9. The number of hydrogen-bond acceptors (Lipinski definition) is 4. The first-order valence-corrected chi connectivity index (χ1v) is 8.43. The van der Waals surface area contributed by atoms with Crippen molar-refractivity contribution < 1.29 is 9.18 Å². The lowest BCUT2D eigenvalue weighted by atomic mass is 10.0. The van der Waals surface area contributed by atoms with Crippen molar-refractivity contribution in [2.45, 2.75) is 6.92 Å². The molecule has 2 N–H and O–H groups in total. The van der Waals surface area contributed by atoms with E-state index in [-0.39, 0.29) is 5.91 Å². The molecule has 0 atom stereocenters. The van der Waals surface area contributed by atoms with Gasteiger partial charge in [-0.3, -0.25) is 9.78 Å². The zero-order chi connectivity index (χ0) is 19.0. The average molecular weight is 382 g/mol. The molecular weight excluding hydrogens is 369 g/mol. The molecule has 0 aliphatic rings. The molecule has 0 saturated carbocycles. The number of hydrogen-bond donors (Lipinski definition) is 2. The number of aromatic amines is 1. The van der Waals surface area contributed by atoms with Gasteiger partial charge >= 0.3 is 0 Å². The summed E-state index contributed by atoms with van der Waals surface area (Å²) in [5.41, 5.74) is 3.79. The SMILES string of the molecule is CC(=O)Nc1cc(-c2[nH]c3cc(F)cnc3c2-c2cccc(Cl)n2)ccn1. The summed E-state index contributed by atoms with van der Waals surface area (Å²) in [5.74, 6) is -0.269.